The van der Waals surface area contributed by atoms with Crippen LogP contribution in [0.2, 0.25) is 0 Å². The van der Waals surface area contributed by atoms with Crippen molar-refractivity contribution in [3.63, 3.8) is 0 Å². The van der Waals surface area contributed by atoms with E-state index in [9.17, 15) is 18.0 Å². The predicted octanol–water partition coefficient (Wildman–Crippen LogP) is 3.81. The smallest absolute Gasteiger partial charge is 0.206 e. The number of sulfone groups is 1. The van der Waals surface area contributed by atoms with Gasteiger partial charge in [-0.3, -0.25) is 14.7 Å². The Labute approximate surface area is 179 Å². The summed E-state index contributed by atoms with van der Waals surface area (Å²) in [6, 6.07) is 14.2. The van der Waals surface area contributed by atoms with Gasteiger partial charge in [0.25, 0.3) is 0 Å². The van der Waals surface area contributed by atoms with Gasteiger partial charge in [-0.1, -0.05) is 24.3 Å². The predicted molar refractivity (Wildman–Crippen MR) is 115 cm³/mol. The molecule has 0 spiro atoms. The van der Waals surface area contributed by atoms with Crippen molar-refractivity contribution in [1.29, 1.82) is 0 Å². The molecule has 4 aromatic rings. The van der Waals surface area contributed by atoms with E-state index in [1.54, 1.807) is 36.5 Å². The first-order valence-corrected chi connectivity index (χ1v) is 11.1. The van der Waals surface area contributed by atoms with E-state index in [0.29, 0.717) is 23.2 Å². The van der Waals surface area contributed by atoms with Crippen LogP contribution in [0.25, 0.3) is 11.0 Å². The maximum absolute atomic E-state index is 12.9. The van der Waals surface area contributed by atoms with Crippen molar-refractivity contribution in [2.75, 3.05) is 0 Å². The number of Topliss-reactive ketones (excluding diaryl/α,β-unsaturated/α-hetero) is 2. The Morgan fingerprint density at radius 3 is 2.45 bits per heavy atom. The topological polar surface area (TPSA) is 110 Å². The van der Waals surface area contributed by atoms with E-state index < -0.39 is 9.84 Å². The zero-order valence-corrected chi connectivity index (χ0v) is 17.5. The molecular weight excluding hydrogens is 414 g/mol. The second-order valence-corrected chi connectivity index (χ2v) is 9.14. The Bertz CT molecular complexity index is 1390. The summed E-state index contributed by atoms with van der Waals surface area (Å²) in [6.45, 7) is 1.39. The van der Waals surface area contributed by atoms with Gasteiger partial charge in [0, 0.05) is 29.1 Å². The van der Waals surface area contributed by atoms with Gasteiger partial charge in [-0.25, -0.2) is 13.4 Å². The second kappa shape index (κ2) is 8.23. The van der Waals surface area contributed by atoms with E-state index in [1.807, 2.05) is 0 Å². The van der Waals surface area contributed by atoms with Crippen LogP contribution in [0.5, 0.6) is 0 Å². The van der Waals surface area contributed by atoms with Crippen LogP contribution in [0.1, 0.15) is 39.6 Å². The Balaban J connectivity index is 1.47. The number of nitrogens with zero attached hydrogens (tertiary/aromatic N) is 2. The molecule has 8 heteroatoms. The van der Waals surface area contributed by atoms with E-state index in [-0.39, 0.29) is 27.8 Å². The van der Waals surface area contributed by atoms with Crippen LogP contribution in [0.15, 0.2) is 76.8 Å². The van der Waals surface area contributed by atoms with Crippen molar-refractivity contribution in [2.24, 2.45) is 0 Å². The summed E-state index contributed by atoms with van der Waals surface area (Å²) < 4.78 is 25.8. The zero-order valence-electron chi connectivity index (χ0n) is 16.7. The summed E-state index contributed by atoms with van der Waals surface area (Å²) >= 11 is 0. The molecule has 0 bridgehead atoms. The molecule has 156 valence electrons. The average molecular weight is 433 g/mol. The molecule has 0 aliphatic heterocycles. The van der Waals surface area contributed by atoms with E-state index in [1.165, 1.54) is 37.4 Å². The third-order valence-electron chi connectivity index (χ3n) is 5.04. The van der Waals surface area contributed by atoms with E-state index >= 15 is 0 Å². The summed E-state index contributed by atoms with van der Waals surface area (Å²) in [4.78, 5) is 28.4. The summed E-state index contributed by atoms with van der Waals surface area (Å²) in [5, 5.41) is 7.41. The van der Waals surface area contributed by atoms with Crippen molar-refractivity contribution in [3.05, 3.63) is 83.7 Å². The van der Waals surface area contributed by atoms with Gasteiger partial charge >= 0.3 is 0 Å². The Hall–Kier alpha value is -3.65. The normalized spacial score (nSPS) is 11.5. The van der Waals surface area contributed by atoms with Crippen LogP contribution in [0.3, 0.4) is 0 Å². The van der Waals surface area contributed by atoms with Gasteiger partial charge in [0.2, 0.25) is 9.84 Å². The molecule has 0 aliphatic rings. The lowest BCUT2D eigenvalue weighted by Crippen LogP contribution is -2.05. The second-order valence-electron chi connectivity index (χ2n) is 7.19. The minimum Gasteiger partial charge on any atom is -0.295 e. The van der Waals surface area contributed by atoms with Crippen LogP contribution >= 0.6 is 0 Å². The molecule has 0 atom stereocenters. The maximum atomic E-state index is 12.9. The molecule has 0 saturated heterocycles. The minimum absolute atomic E-state index is 0.0478. The van der Waals surface area contributed by atoms with Crippen molar-refractivity contribution >= 4 is 32.4 Å². The minimum atomic E-state index is -3.74. The zero-order chi connectivity index (χ0) is 22.0. The number of ketones is 2. The van der Waals surface area contributed by atoms with Gasteiger partial charge in [0.15, 0.2) is 17.2 Å². The molecule has 0 unspecified atom stereocenters. The highest BCUT2D eigenvalue weighted by Crippen LogP contribution is 2.23. The summed E-state index contributed by atoms with van der Waals surface area (Å²) in [5.41, 5.74) is 2.34. The number of benzene rings is 2. The lowest BCUT2D eigenvalue weighted by Gasteiger charge is -2.07. The number of carbonyl (C=O) groups is 2. The third-order valence-corrected chi connectivity index (χ3v) is 6.81. The number of aromatic amines is 1. The molecular formula is C23H19N3O4S. The SMILES string of the molecule is CC(=O)c1cccc(S(=O)(=O)c2ccc(CCC(=O)c3cnc4[nH]ncc4c3)cc2)c1. The number of pyridine rings is 1. The summed E-state index contributed by atoms with van der Waals surface area (Å²) in [6.07, 6.45) is 3.89. The van der Waals surface area contributed by atoms with Gasteiger partial charge in [-0.15, -0.1) is 0 Å². The fraction of sp³-hybridized carbons (Fsp3) is 0.130. The highest BCUT2D eigenvalue weighted by Gasteiger charge is 2.18. The molecule has 0 aliphatic carbocycles. The molecule has 0 amide bonds. The maximum Gasteiger partial charge on any atom is 0.206 e. The van der Waals surface area contributed by atoms with Crippen LogP contribution in [0.4, 0.5) is 0 Å². The van der Waals surface area contributed by atoms with Gasteiger partial charge in [0.1, 0.15) is 0 Å². The van der Waals surface area contributed by atoms with Gasteiger partial charge in [-0.05, 0) is 49.2 Å². The highest BCUT2D eigenvalue weighted by molar-refractivity contribution is 7.91. The van der Waals surface area contributed by atoms with Gasteiger partial charge < -0.3 is 0 Å². The largest absolute Gasteiger partial charge is 0.295 e. The Kier molecular flexibility index (Phi) is 5.48. The van der Waals surface area contributed by atoms with E-state index in [2.05, 4.69) is 15.2 Å². The van der Waals surface area contributed by atoms with Crippen molar-refractivity contribution in [2.45, 2.75) is 29.6 Å². The number of rotatable bonds is 7. The fourth-order valence-electron chi connectivity index (χ4n) is 3.24. The third kappa shape index (κ3) is 4.29. The Morgan fingerprint density at radius 1 is 0.935 bits per heavy atom. The van der Waals surface area contributed by atoms with E-state index in [0.717, 1.165) is 10.9 Å². The fourth-order valence-corrected chi connectivity index (χ4v) is 4.55. The average Bonchev–Trinajstić information content (AvgIpc) is 3.25. The molecule has 2 aromatic heterocycles. The highest BCUT2D eigenvalue weighted by atomic mass is 32.2. The van der Waals surface area contributed by atoms with Crippen molar-refractivity contribution in [3.8, 4) is 0 Å². The molecule has 31 heavy (non-hydrogen) atoms. The van der Waals surface area contributed by atoms with Crippen molar-refractivity contribution in [1.82, 2.24) is 15.2 Å². The molecule has 7 nitrogen and oxygen atoms in total. The molecule has 2 aromatic carbocycles. The molecule has 0 radical (unpaired) electrons. The molecule has 4 rings (SSSR count). The number of hydrogen-bond acceptors (Lipinski definition) is 6. The molecule has 1 N–H and O–H groups in total. The lowest BCUT2D eigenvalue weighted by atomic mass is 10.0. The number of H-pyrrole nitrogens is 1. The van der Waals surface area contributed by atoms with Gasteiger partial charge in [0.05, 0.1) is 16.0 Å². The molecule has 0 saturated carbocycles. The van der Waals surface area contributed by atoms with Crippen molar-refractivity contribution < 1.29 is 18.0 Å². The number of aromatic nitrogens is 3. The quantitative estimate of drug-likeness (QED) is 0.444. The number of nitrogens with one attached hydrogen (secondary N) is 1. The number of aryl methyl sites for hydroxylation is 1. The number of hydrogen-bond donors (Lipinski definition) is 1. The molecule has 0 fully saturated rings. The van der Waals surface area contributed by atoms with Crippen LogP contribution < -0.4 is 0 Å². The standard InChI is InChI=1S/C23H19N3O4S/c1-15(27)17-3-2-4-21(12-17)31(29,30)20-8-5-16(6-9-20)7-10-22(28)18-11-19-14-25-26-23(19)24-13-18/h2-6,8-9,11-14H,7,10H2,1H3,(H,24,25,26). The van der Waals surface area contributed by atoms with Crippen LogP contribution in [0, 0.1) is 0 Å². The summed E-state index contributed by atoms with van der Waals surface area (Å²) in [7, 11) is -3.74. The number of fused-ring (bicyclic) bond motifs is 1. The summed E-state index contributed by atoms with van der Waals surface area (Å²) in [5.74, 6) is -0.243. The first-order valence-electron chi connectivity index (χ1n) is 9.62. The first-order chi connectivity index (χ1) is 14.8. The number of carbonyl (C=O) groups excluding carboxylic acids is 2. The first kappa shape index (κ1) is 20.6. The molecule has 2 heterocycles. The lowest BCUT2D eigenvalue weighted by molar-refractivity contribution is 0.0980. The van der Waals surface area contributed by atoms with Crippen LogP contribution in [-0.2, 0) is 16.3 Å². The Morgan fingerprint density at radius 2 is 1.71 bits per heavy atom. The van der Waals surface area contributed by atoms with Gasteiger partial charge in [-0.2, -0.15) is 5.10 Å². The van der Waals surface area contributed by atoms with E-state index in [4.69, 9.17) is 0 Å². The van der Waals surface area contributed by atoms with Crippen LogP contribution in [-0.4, -0.2) is 35.2 Å². The monoisotopic (exact) mass is 433 g/mol.